The monoisotopic (exact) mass is 446 g/mol. The molecule has 2 heterocycles. The van der Waals surface area contributed by atoms with E-state index in [1.165, 1.54) is 7.11 Å². The van der Waals surface area contributed by atoms with E-state index in [1.54, 1.807) is 49.7 Å². The minimum atomic E-state index is -0.873. The molecule has 32 heavy (non-hydrogen) atoms. The van der Waals surface area contributed by atoms with Gasteiger partial charge in [-0.05, 0) is 26.0 Å². The molecule has 4 rings (SSSR count). The fraction of sp³-hybridized carbons (Fsp3) is 0.208. The van der Waals surface area contributed by atoms with Crippen molar-refractivity contribution in [2.75, 3.05) is 12.4 Å². The molecule has 162 valence electrons. The lowest BCUT2D eigenvalue weighted by Crippen LogP contribution is -2.28. The predicted octanol–water partition coefficient (Wildman–Crippen LogP) is 5.27. The molecule has 0 spiro atoms. The molecule has 0 amide bonds. The number of aromatic nitrogens is 3. The lowest BCUT2D eigenvalue weighted by Gasteiger charge is -2.20. The summed E-state index contributed by atoms with van der Waals surface area (Å²) in [6.45, 7) is 3.40. The Kier molecular flexibility index (Phi) is 5.96. The molecular weight excluding hydrogens is 424 g/mol. The third kappa shape index (κ3) is 4.65. The Morgan fingerprint density at radius 2 is 1.78 bits per heavy atom. The Balaban J connectivity index is 1.44. The quantitative estimate of drug-likeness (QED) is 0.305. The number of carbonyl (C=O) groups excluding carboxylic acids is 2. The normalized spacial score (nSPS) is 11.3. The van der Waals surface area contributed by atoms with E-state index < -0.39 is 11.4 Å². The van der Waals surface area contributed by atoms with Crippen LogP contribution in [0.25, 0.3) is 21.5 Å². The Labute approximate surface area is 189 Å². The average Bonchev–Trinajstić information content (AvgIpc) is 3.21. The Bertz CT molecular complexity index is 1230. The van der Waals surface area contributed by atoms with Gasteiger partial charge in [0, 0.05) is 17.5 Å². The Hall–Kier alpha value is -3.65. The molecule has 1 N–H and O–H groups in total. The third-order valence-electron chi connectivity index (χ3n) is 5.02. The number of ether oxygens (including phenoxy) is 1. The molecule has 0 aliphatic rings. The number of methoxy groups -OCH3 is 1. The first-order valence-electron chi connectivity index (χ1n) is 10.0. The van der Waals surface area contributed by atoms with Gasteiger partial charge in [0.05, 0.1) is 40.8 Å². The van der Waals surface area contributed by atoms with Crippen LogP contribution in [-0.4, -0.2) is 33.8 Å². The number of hydrogen-bond donors (Lipinski definition) is 1. The number of ketones is 1. The molecule has 0 unspecified atom stereocenters. The number of para-hydroxylation sites is 1. The number of rotatable bonds is 7. The summed E-state index contributed by atoms with van der Waals surface area (Å²) in [5.74, 6) is 0.0790. The molecule has 0 aliphatic carbocycles. The topological polar surface area (TPSA) is 94.1 Å². The third-order valence-corrected chi connectivity index (χ3v) is 5.98. The lowest BCUT2D eigenvalue weighted by molar-refractivity contribution is -0.150. The van der Waals surface area contributed by atoms with Crippen LogP contribution in [0.3, 0.4) is 0 Å². The van der Waals surface area contributed by atoms with E-state index in [4.69, 9.17) is 4.74 Å². The first-order chi connectivity index (χ1) is 15.4. The summed E-state index contributed by atoms with van der Waals surface area (Å²) in [6.07, 6.45) is 3.40. The van der Waals surface area contributed by atoms with Crippen LogP contribution in [0.15, 0.2) is 60.9 Å². The van der Waals surface area contributed by atoms with E-state index in [0.29, 0.717) is 17.1 Å². The van der Waals surface area contributed by atoms with Crippen LogP contribution >= 0.6 is 11.3 Å². The summed E-state index contributed by atoms with van der Waals surface area (Å²) in [4.78, 5) is 37.8. The van der Waals surface area contributed by atoms with Crippen molar-refractivity contribution in [2.24, 2.45) is 5.41 Å². The summed E-state index contributed by atoms with van der Waals surface area (Å²) in [5.41, 5.74) is 2.13. The van der Waals surface area contributed by atoms with Crippen molar-refractivity contribution in [2.45, 2.75) is 20.3 Å². The Morgan fingerprint density at radius 3 is 2.44 bits per heavy atom. The zero-order valence-electron chi connectivity index (χ0n) is 18.0. The number of carbonyl (C=O) groups is 2. The highest BCUT2D eigenvalue weighted by Crippen LogP contribution is 2.28. The van der Waals surface area contributed by atoms with Crippen molar-refractivity contribution in [3.05, 3.63) is 66.5 Å². The zero-order valence-corrected chi connectivity index (χ0v) is 18.8. The highest BCUT2D eigenvalue weighted by Gasteiger charge is 2.31. The van der Waals surface area contributed by atoms with E-state index in [0.717, 1.165) is 20.9 Å². The van der Waals surface area contributed by atoms with E-state index in [9.17, 15) is 9.59 Å². The summed E-state index contributed by atoms with van der Waals surface area (Å²) in [5, 5.41) is 3.94. The Morgan fingerprint density at radius 1 is 1.03 bits per heavy atom. The molecule has 0 saturated heterocycles. The van der Waals surface area contributed by atoms with Gasteiger partial charge in [-0.15, -0.1) is 0 Å². The van der Waals surface area contributed by atoms with Crippen LogP contribution in [0.5, 0.6) is 0 Å². The SMILES string of the molecule is COC(=O)C(C)(C)CC(=O)c1ccc(-c2cnc(Nc3nc4ccccc4s3)cn2)cc1. The maximum atomic E-state index is 12.6. The second-order valence-electron chi connectivity index (χ2n) is 7.95. The number of esters is 1. The first kappa shape index (κ1) is 21.6. The van der Waals surface area contributed by atoms with E-state index >= 15 is 0 Å². The van der Waals surface area contributed by atoms with Gasteiger partial charge in [0.25, 0.3) is 0 Å². The van der Waals surface area contributed by atoms with Gasteiger partial charge in [-0.3, -0.25) is 14.6 Å². The zero-order chi connectivity index (χ0) is 22.7. The second kappa shape index (κ2) is 8.84. The van der Waals surface area contributed by atoms with E-state index in [1.807, 2.05) is 36.4 Å². The van der Waals surface area contributed by atoms with Gasteiger partial charge in [0.2, 0.25) is 0 Å². The minimum absolute atomic E-state index is 0.0744. The molecule has 8 heteroatoms. The van der Waals surface area contributed by atoms with Crippen LogP contribution in [-0.2, 0) is 9.53 Å². The molecule has 7 nitrogen and oxygen atoms in total. The number of nitrogens with one attached hydrogen (secondary N) is 1. The largest absolute Gasteiger partial charge is 0.469 e. The van der Waals surface area contributed by atoms with Crippen LogP contribution in [0.1, 0.15) is 30.6 Å². The maximum Gasteiger partial charge on any atom is 0.311 e. The van der Waals surface area contributed by atoms with Crippen molar-refractivity contribution < 1.29 is 14.3 Å². The highest BCUT2D eigenvalue weighted by molar-refractivity contribution is 7.22. The molecule has 0 atom stereocenters. The van der Waals surface area contributed by atoms with Crippen LogP contribution in [0.2, 0.25) is 0 Å². The number of benzene rings is 2. The van der Waals surface area contributed by atoms with E-state index in [2.05, 4.69) is 20.3 Å². The summed E-state index contributed by atoms with van der Waals surface area (Å²) < 4.78 is 5.88. The van der Waals surface area contributed by atoms with Gasteiger partial charge in [0.1, 0.15) is 0 Å². The number of thiazole rings is 1. The average molecular weight is 447 g/mol. The predicted molar refractivity (Wildman–Crippen MR) is 125 cm³/mol. The number of fused-ring (bicyclic) bond motifs is 1. The van der Waals surface area contributed by atoms with Gasteiger partial charge in [-0.1, -0.05) is 47.7 Å². The van der Waals surface area contributed by atoms with Gasteiger partial charge in [-0.25, -0.2) is 9.97 Å². The molecule has 0 radical (unpaired) electrons. The number of nitrogens with zero attached hydrogens (tertiary/aromatic N) is 3. The van der Waals surface area contributed by atoms with Gasteiger partial charge in [-0.2, -0.15) is 0 Å². The van der Waals surface area contributed by atoms with E-state index in [-0.39, 0.29) is 12.2 Å². The molecule has 0 fully saturated rings. The van der Waals surface area contributed by atoms with Crippen LogP contribution in [0, 0.1) is 5.41 Å². The molecule has 2 aromatic heterocycles. The van der Waals surface area contributed by atoms with Gasteiger partial charge < -0.3 is 10.1 Å². The van der Waals surface area contributed by atoms with Crippen molar-refractivity contribution in [3.63, 3.8) is 0 Å². The lowest BCUT2D eigenvalue weighted by atomic mass is 9.85. The molecule has 0 aliphatic heterocycles. The van der Waals surface area contributed by atoms with Crippen LogP contribution in [0.4, 0.5) is 10.9 Å². The second-order valence-corrected chi connectivity index (χ2v) is 8.98. The number of hydrogen-bond acceptors (Lipinski definition) is 8. The molecule has 0 saturated carbocycles. The van der Waals surface area contributed by atoms with Gasteiger partial charge >= 0.3 is 5.97 Å². The maximum absolute atomic E-state index is 12.6. The molecule has 0 bridgehead atoms. The van der Waals surface area contributed by atoms with Crippen molar-refractivity contribution in [1.29, 1.82) is 0 Å². The summed E-state index contributed by atoms with van der Waals surface area (Å²) in [7, 11) is 1.32. The van der Waals surface area contributed by atoms with Crippen molar-refractivity contribution in [3.8, 4) is 11.3 Å². The molecule has 4 aromatic rings. The van der Waals surface area contributed by atoms with Crippen molar-refractivity contribution in [1.82, 2.24) is 15.0 Å². The minimum Gasteiger partial charge on any atom is -0.469 e. The summed E-state index contributed by atoms with van der Waals surface area (Å²) in [6, 6.07) is 15.1. The molecular formula is C24H22N4O3S. The summed E-state index contributed by atoms with van der Waals surface area (Å²) >= 11 is 1.55. The fourth-order valence-corrected chi connectivity index (χ4v) is 4.13. The smallest absolute Gasteiger partial charge is 0.311 e. The van der Waals surface area contributed by atoms with Crippen LogP contribution < -0.4 is 5.32 Å². The standard InChI is InChI=1S/C24H22N4O3S/c1-24(2,22(30)31-3)12-19(29)16-10-8-15(9-11-16)18-13-26-21(14-25-18)28-23-27-17-6-4-5-7-20(17)32-23/h4-11,13-14H,12H2,1-3H3,(H,26,27,28). The molecule has 2 aromatic carbocycles. The first-order valence-corrected chi connectivity index (χ1v) is 10.8. The fourth-order valence-electron chi connectivity index (χ4n) is 3.26. The number of anilines is 2. The van der Waals surface area contributed by atoms with Gasteiger partial charge in [0.15, 0.2) is 16.7 Å². The number of Topliss-reactive ketones (excluding diaryl/α,β-unsaturated/α-hetero) is 1. The highest BCUT2D eigenvalue weighted by atomic mass is 32.1. The van der Waals surface area contributed by atoms with Crippen molar-refractivity contribution >= 4 is 44.3 Å².